The third-order valence-corrected chi connectivity index (χ3v) is 5.44. The fourth-order valence-corrected chi connectivity index (χ4v) is 3.69. The number of rotatable bonds is 7. The Hall–Kier alpha value is -2.68. The Balaban J connectivity index is 1.79. The second-order valence-electron chi connectivity index (χ2n) is 7.45. The van der Waals surface area contributed by atoms with Gasteiger partial charge >= 0.3 is 0 Å². The van der Waals surface area contributed by atoms with Crippen LogP contribution in [-0.2, 0) is 4.74 Å². The van der Waals surface area contributed by atoms with E-state index >= 15 is 0 Å². The number of nitrogens with one attached hydrogen (secondary N) is 2. The van der Waals surface area contributed by atoms with Crippen molar-refractivity contribution < 1.29 is 9.53 Å². The first-order chi connectivity index (χ1) is 13.5. The second kappa shape index (κ2) is 9.01. The first kappa shape index (κ1) is 20.1. The summed E-state index contributed by atoms with van der Waals surface area (Å²) >= 11 is 0. The molecule has 0 aliphatic carbocycles. The SMILES string of the molecule is CC(=O)c1ccc(C#N)c(NCC2(NC(C)c3ccccc3)CCOCC2)c1. The van der Waals surface area contributed by atoms with Crippen molar-refractivity contribution in [3.63, 3.8) is 0 Å². The smallest absolute Gasteiger partial charge is 0.159 e. The van der Waals surface area contributed by atoms with E-state index in [1.807, 2.05) is 6.07 Å². The van der Waals surface area contributed by atoms with Crippen LogP contribution in [0.4, 0.5) is 5.69 Å². The van der Waals surface area contributed by atoms with Crippen molar-refractivity contribution in [1.29, 1.82) is 5.26 Å². The van der Waals surface area contributed by atoms with Crippen LogP contribution in [0.25, 0.3) is 0 Å². The number of Topliss-reactive ketones (excluding diaryl/α,β-unsaturated/α-hetero) is 1. The van der Waals surface area contributed by atoms with Gasteiger partial charge in [-0.05, 0) is 50.5 Å². The minimum atomic E-state index is -0.146. The lowest BCUT2D eigenvalue weighted by Crippen LogP contribution is -2.54. The molecule has 1 heterocycles. The van der Waals surface area contributed by atoms with Crippen molar-refractivity contribution in [3.05, 3.63) is 65.2 Å². The van der Waals surface area contributed by atoms with Gasteiger partial charge in [-0.15, -0.1) is 0 Å². The fraction of sp³-hybridized carbons (Fsp3) is 0.391. The van der Waals surface area contributed by atoms with Gasteiger partial charge in [-0.3, -0.25) is 4.79 Å². The van der Waals surface area contributed by atoms with Gasteiger partial charge in [0.15, 0.2) is 5.78 Å². The lowest BCUT2D eigenvalue weighted by atomic mass is 9.88. The standard InChI is InChI=1S/C23H27N3O2/c1-17(19-6-4-3-5-7-19)26-23(10-12-28-13-11-23)16-25-22-14-20(18(2)27)8-9-21(22)15-24/h3-9,14,17,25-26H,10-13,16H2,1-2H3. The quantitative estimate of drug-likeness (QED) is 0.712. The van der Waals surface area contributed by atoms with Crippen molar-refractivity contribution in [2.75, 3.05) is 25.1 Å². The molecule has 0 amide bonds. The van der Waals surface area contributed by atoms with E-state index in [0.29, 0.717) is 36.6 Å². The summed E-state index contributed by atoms with van der Waals surface area (Å²) in [4.78, 5) is 11.7. The van der Waals surface area contributed by atoms with Crippen LogP contribution in [0.2, 0.25) is 0 Å². The molecular weight excluding hydrogens is 350 g/mol. The van der Waals surface area contributed by atoms with Gasteiger partial charge in [-0.1, -0.05) is 30.3 Å². The third kappa shape index (κ3) is 4.78. The zero-order valence-electron chi connectivity index (χ0n) is 16.5. The molecular formula is C23H27N3O2. The van der Waals surface area contributed by atoms with Crippen LogP contribution in [0.15, 0.2) is 48.5 Å². The molecule has 28 heavy (non-hydrogen) atoms. The van der Waals surface area contributed by atoms with E-state index in [1.54, 1.807) is 18.2 Å². The molecule has 1 atom stereocenters. The van der Waals surface area contributed by atoms with E-state index in [-0.39, 0.29) is 17.4 Å². The second-order valence-corrected chi connectivity index (χ2v) is 7.45. The normalized spacial score (nSPS) is 16.8. The predicted molar refractivity (Wildman–Crippen MR) is 110 cm³/mol. The molecule has 2 aromatic carbocycles. The molecule has 1 fully saturated rings. The molecule has 1 unspecified atom stereocenters. The maximum atomic E-state index is 11.7. The zero-order valence-corrected chi connectivity index (χ0v) is 16.5. The summed E-state index contributed by atoms with van der Waals surface area (Å²) < 4.78 is 5.59. The van der Waals surface area contributed by atoms with Crippen LogP contribution < -0.4 is 10.6 Å². The maximum absolute atomic E-state index is 11.7. The monoisotopic (exact) mass is 377 g/mol. The lowest BCUT2D eigenvalue weighted by Gasteiger charge is -2.41. The molecule has 0 saturated carbocycles. The average Bonchev–Trinajstić information content (AvgIpc) is 2.73. The summed E-state index contributed by atoms with van der Waals surface area (Å²) in [6.07, 6.45) is 1.76. The summed E-state index contributed by atoms with van der Waals surface area (Å²) in [5.41, 5.74) is 2.95. The van der Waals surface area contributed by atoms with Gasteiger partial charge in [0.1, 0.15) is 6.07 Å². The number of hydrogen-bond donors (Lipinski definition) is 2. The van der Waals surface area contributed by atoms with Gasteiger partial charge in [0.2, 0.25) is 0 Å². The molecule has 3 rings (SSSR count). The molecule has 146 valence electrons. The Morgan fingerprint density at radius 3 is 2.57 bits per heavy atom. The van der Waals surface area contributed by atoms with E-state index < -0.39 is 0 Å². The molecule has 1 aliphatic heterocycles. The number of carbonyl (C=O) groups excluding carboxylic acids is 1. The van der Waals surface area contributed by atoms with Crippen LogP contribution >= 0.6 is 0 Å². The van der Waals surface area contributed by atoms with Gasteiger partial charge in [-0.25, -0.2) is 0 Å². The highest BCUT2D eigenvalue weighted by Gasteiger charge is 2.34. The highest BCUT2D eigenvalue weighted by Crippen LogP contribution is 2.27. The number of anilines is 1. The molecule has 5 nitrogen and oxygen atoms in total. The van der Waals surface area contributed by atoms with Crippen LogP contribution in [0.5, 0.6) is 0 Å². The lowest BCUT2D eigenvalue weighted by molar-refractivity contribution is 0.0389. The topological polar surface area (TPSA) is 74.2 Å². The summed E-state index contributed by atoms with van der Waals surface area (Å²) in [6, 6.07) is 18.0. The Morgan fingerprint density at radius 2 is 1.93 bits per heavy atom. The minimum Gasteiger partial charge on any atom is -0.382 e. The first-order valence-electron chi connectivity index (χ1n) is 9.72. The van der Waals surface area contributed by atoms with Crippen molar-refractivity contribution in [3.8, 4) is 6.07 Å². The molecule has 0 spiro atoms. The van der Waals surface area contributed by atoms with E-state index in [2.05, 4.69) is 47.9 Å². The Labute approximate surface area is 166 Å². The van der Waals surface area contributed by atoms with Crippen LogP contribution in [-0.4, -0.2) is 31.1 Å². The summed E-state index contributed by atoms with van der Waals surface area (Å²) in [5.74, 6) is -0.0101. The molecule has 5 heteroatoms. The van der Waals surface area contributed by atoms with Crippen molar-refractivity contribution in [1.82, 2.24) is 5.32 Å². The minimum absolute atomic E-state index is 0.0101. The van der Waals surface area contributed by atoms with Crippen LogP contribution in [0, 0.1) is 11.3 Å². The Morgan fingerprint density at radius 1 is 1.21 bits per heavy atom. The Kier molecular flexibility index (Phi) is 6.45. The maximum Gasteiger partial charge on any atom is 0.159 e. The number of carbonyl (C=O) groups is 1. The number of benzene rings is 2. The van der Waals surface area contributed by atoms with Gasteiger partial charge in [-0.2, -0.15) is 5.26 Å². The fourth-order valence-electron chi connectivity index (χ4n) is 3.69. The van der Waals surface area contributed by atoms with E-state index in [1.165, 1.54) is 12.5 Å². The summed E-state index contributed by atoms with van der Waals surface area (Å²) in [5, 5.41) is 16.7. The third-order valence-electron chi connectivity index (χ3n) is 5.44. The molecule has 1 aliphatic rings. The van der Waals surface area contributed by atoms with E-state index in [9.17, 15) is 10.1 Å². The van der Waals surface area contributed by atoms with Gasteiger partial charge in [0, 0.05) is 36.9 Å². The van der Waals surface area contributed by atoms with E-state index in [4.69, 9.17) is 4.74 Å². The summed E-state index contributed by atoms with van der Waals surface area (Å²) in [7, 11) is 0. The average molecular weight is 377 g/mol. The number of nitrogens with zero attached hydrogens (tertiary/aromatic N) is 1. The first-order valence-corrected chi connectivity index (χ1v) is 9.72. The van der Waals surface area contributed by atoms with Gasteiger partial charge in [0.05, 0.1) is 11.3 Å². The molecule has 0 bridgehead atoms. The highest BCUT2D eigenvalue weighted by atomic mass is 16.5. The zero-order chi connectivity index (χ0) is 20.0. The predicted octanol–water partition coefficient (Wildman–Crippen LogP) is 4.07. The highest BCUT2D eigenvalue weighted by molar-refractivity contribution is 5.95. The van der Waals surface area contributed by atoms with Crippen molar-refractivity contribution >= 4 is 11.5 Å². The Bertz CT molecular complexity index is 852. The molecule has 0 aromatic heterocycles. The number of nitriles is 1. The molecule has 1 saturated heterocycles. The van der Waals surface area contributed by atoms with E-state index in [0.717, 1.165) is 12.8 Å². The molecule has 2 N–H and O–H groups in total. The van der Waals surface area contributed by atoms with Gasteiger partial charge < -0.3 is 15.4 Å². The summed E-state index contributed by atoms with van der Waals surface area (Å²) in [6.45, 7) is 5.77. The number of ketones is 1. The van der Waals surface area contributed by atoms with Crippen LogP contribution in [0.1, 0.15) is 54.2 Å². The number of ether oxygens (including phenoxy) is 1. The molecule has 2 aromatic rings. The largest absolute Gasteiger partial charge is 0.382 e. The van der Waals surface area contributed by atoms with Gasteiger partial charge in [0.25, 0.3) is 0 Å². The molecule has 0 radical (unpaired) electrons. The number of hydrogen-bond acceptors (Lipinski definition) is 5. The van der Waals surface area contributed by atoms with Crippen molar-refractivity contribution in [2.24, 2.45) is 0 Å². The van der Waals surface area contributed by atoms with Crippen LogP contribution in [0.3, 0.4) is 0 Å². The van der Waals surface area contributed by atoms with Crippen molar-refractivity contribution in [2.45, 2.75) is 38.3 Å².